The minimum absolute atomic E-state index is 0.155. The van der Waals surface area contributed by atoms with E-state index in [1.807, 2.05) is 18.2 Å². The summed E-state index contributed by atoms with van der Waals surface area (Å²) < 4.78 is 0. The highest BCUT2D eigenvalue weighted by Gasteiger charge is 2.24. The zero-order valence-electron chi connectivity index (χ0n) is 16.5. The van der Waals surface area contributed by atoms with Crippen molar-refractivity contribution in [2.24, 2.45) is 5.92 Å². The third kappa shape index (κ3) is 6.54. The molecule has 0 saturated carbocycles. The van der Waals surface area contributed by atoms with Crippen LogP contribution < -0.4 is 5.32 Å². The Labute approximate surface area is 177 Å². The summed E-state index contributed by atoms with van der Waals surface area (Å²) in [5.41, 5.74) is 3.82. The maximum Gasteiger partial charge on any atom is 0.223 e. The number of likely N-dealkylation sites (tertiary alicyclic amines) is 1. The van der Waals surface area contributed by atoms with Crippen LogP contribution in [0.15, 0.2) is 48.5 Å². The van der Waals surface area contributed by atoms with Crippen molar-refractivity contribution in [3.05, 3.63) is 70.2 Å². The molecule has 0 aliphatic carbocycles. The number of benzene rings is 2. The molecule has 0 bridgehead atoms. The molecule has 0 atom stereocenters. The molecule has 0 aromatic heterocycles. The van der Waals surface area contributed by atoms with Gasteiger partial charge in [0.25, 0.3) is 0 Å². The topological polar surface area (TPSA) is 32.3 Å². The van der Waals surface area contributed by atoms with Crippen LogP contribution in [0.5, 0.6) is 0 Å². The molecule has 1 saturated heterocycles. The van der Waals surface area contributed by atoms with Crippen LogP contribution in [0.1, 0.15) is 29.5 Å². The minimum atomic E-state index is 0.155. The zero-order valence-corrected chi connectivity index (χ0v) is 18.1. The Kier molecular flexibility index (Phi) is 8.26. The zero-order chi connectivity index (χ0) is 19.8. The van der Waals surface area contributed by atoms with Gasteiger partial charge in [-0.3, -0.25) is 9.69 Å². The van der Waals surface area contributed by atoms with Crippen LogP contribution >= 0.6 is 23.4 Å². The van der Waals surface area contributed by atoms with Crippen LogP contribution in [0.3, 0.4) is 0 Å². The molecule has 3 rings (SSSR count). The lowest BCUT2D eigenvalue weighted by Gasteiger charge is -2.31. The highest BCUT2D eigenvalue weighted by atomic mass is 35.5. The third-order valence-corrected chi connectivity index (χ3v) is 6.58. The lowest BCUT2D eigenvalue weighted by molar-refractivity contribution is -0.126. The second-order valence-electron chi connectivity index (χ2n) is 7.47. The van der Waals surface area contributed by atoms with Gasteiger partial charge in [-0.15, -0.1) is 0 Å². The van der Waals surface area contributed by atoms with E-state index in [0.29, 0.717) is 0 Å². The van der Waals surface area contributed by atoms with E-state index in [4.69, 9.17) is 11.6 Å². The first kappa shape index (κ1) is 21.2. The van der Waals surface area contributed by atoms with Crippen molar-refractivity contribution < 1.29 is 4.79 Å². The van der Waals surface area contributed by atoms with Crippen molar-refractivity contribution in [2.45, 2.75) is 32.1 Å². The monoisotopic (exact) mass is 416 g/mol. The van der Waals surface area contributed by atoms with E-state index in [2.05, 4.69) is 47.5 Å². The number of hydrogen-bond donors (Lipinski definition) is 1. The number of hydrogen-bond acceptors (Lipinski definition) is 3. The van der Waals surface area contributed by atoms with Gasteiger partial charge in [0.1, 0.15) is 0 Å². The quantitative estimate of drug-likeness (QED) is 0.620. The maximum absolute atomic E-state index is 12.4. The van der Waals surface area contributed by atoms with Crippen LogP contribution in [-0.2, 0) is 17.1 Å². The molecular weight excluding hydrogens is 388 g/mol. The standard InChI is InChI=1S/C23H29ClN2OS/c1-18-5-4-6-19(15-18)16-26-12-9-20(10-13-26)23(27)25-11-14-28-17-21-7-2-3-8-22(21)24/h2-8,15,20H,9-14,16-17H2,1H3,(H,25,27). The Balaban J connectivity index is 1.31. The summed E-state index contributed by atoms with van der Waals surface area (Å²) >= 11 is 7.98. The largest absolute Gasteiger partial charge is 0.355 e. The fourth-order valence-electron chi connectivity index (χ4n) is 3.61. The molecule has 1 heterocycles. The summed E-state index contributed by atoms with van der Waals surface area (Å²) in [5.74, 6) is 2.16. The molecule has 2 aromatic rings. The van der Waals surface area contributed by atoms with Crippen molar-refractivity contribution >= 4 is 29.3 Å². The van der Waals surface area contributed by atoms with E-state index in [-0.39, 0.29) is 11.8 Å². The number of aryl methyl sites for hydroxylation is 1. The number of halogens is 1. The van der Waals surface area contributed by atoms with Crippen molar-refractivity contribution in [1.82, 2.24) is 10.2 Å². The number of rotatable bonds is 8. The van der Waals surface area contributed by atoms with E-state index < -0.39 is 0 Å². The smallest absolute Gasteiger partial charge is 0.223 e. The Bertz CT molecular complexity index is 775. The molecule has 1 amide bonds. The van der Waals surface area contributed by atoms with Crippen LogP contribution in [0.4, 0.5) is 0 Å². The summed E-state index contributed by atoms with van der Waals surface area (Å²) in [6, 6.07) is 16.6. The van der Waals surface area contributed by atoms with Crippen molar-refractivity contribution in [1.29, 1.82) is 0 Å². The fourth-order valence-corrected chi connectivity index (χ4v) is 4.75. The Morgan fingerprint density at radius 2 is 1.96 bits per heavy atom. The number of carbonyl (C=O) groups is 1. The second-order valence-corrected chi connectivity index (χ2v) is 8.99. The van der Waals surface area contributed by atoms with Gasteiger partial charge < -0.3 is 5.32 Å². The third-order valence-electron chi connectivity index (χ3n) is 5.21. The minimum Gasteiger partial charge on any atom is -0.355 e. The fraction of sp³-hybridized carbons (Fsp3) is 0.435. The molecule has 150 valence electrons. The molecule has 28 heavy (non-hydrogen) atoms. The van der Waals surface area contributed by atoms with E-state index in [1.165, 1.54) is 11.1 Å². The summed E-state index contributed by atoms with van der Waals surface area (Å²) in [7, 11) is 0. The normalized spacial score (nSPS) is 15.5. The van der Waals surface area contributed by atoms with Gasteiger partial charge in [-0.1, -0.05) is 59.6 Å². The summed E-state index contributed by atoms with van der Waals surface area (Å²) in [4.78, 5) is 14.9. The molecular formula is C23H29ClN2OS. The maximum atomic E-state index is 12.4. The van der Waals surface area contributed by atoms with Gasteiger partial charge in [-0.05, 0) is 50.0 Å². The number of thioether (sulfide) groups is 1. The Morgan fingerprint density at radius 1 is 1.18 bits per heavy atom. The molecule has 1 fully saturated rings. The molecule has 0 unspecified atom stereocenters. The van der Waals surface area contributed by atoms with E-state index in [1.54, 1.807) is 11.8 Å². The van der Waals surface area contributed by atoms with E-state index >= 15 is 0 Å². The van der Waals surface area contributed by atoms with Crippen molar-refractivity contribution in [3.8, 4) is 0 Å². The summed E-state index contributed by atoms with van der Waals surface area (Å²) in [6.45, 7) is 5.82. The van der Waals surface area contributed by atoms with Gasteiger partial charge >= 0.3 is 0 Å². The van der Waals surface area contributed by atoms with Gasteiger partial charge in [0, 0.05) is 35.5 Å². The van der Waals surface area contributed by atoms with Gasteiger partial charge in [-0.2, -0.15) is 11.8 Å². The predicted molar refractivity (Wildman–Crippen MR) is 120 cm³/mol. The first-order valence-electron chi connectivity index (χ1n) is 9.98. The van der Waals surface area contributed by atoms with Gasteiger partial charge in [-0.25, -0.2) is 0 Å². The van der Waals surface area contributed by atoms with E-state index in [9.17, 15) is 4.79 Å². The lowest BCUT2D eigenvalue weighted by atomic mass is 9.95. The van der Waals surface area contributed by atoms with E-state index in [0.717, 1.165) is 61.1 Å². The Morgan fingerprint density at radius 3 is 2.71 bits per heavy atom. The summed E-state index contributed by atoms with van der Waals surface area (Å²) in [6.07, 6.45) is 1.90. The molecule has 5 heteroatoms. The number of nitrogens with one attached hydrogen (secondary N) is 1. The predicted octanol–water partition coefficient (Wildman–Crippen LogP) is 4.91. The molecule has 3 nitrogen and oxygen atoms in total. The van der Waals surface area contributed by atoms with Crippen LogP contribution in [0, 0.1) is 12.8 Å². The summed E-state index contributed by atoms with van der Waals surface area (Å²) in [5, 5.41) is 3.93. The van der Waals surface area contributed by atoms with Crippen molar-refractivity contribution in [2.75, 3.05) is 25.4 Å². The number of carbonyl (C=O) groups excluding carboxylic acids is 1. The number of piperidine rings is 1. The van der Waals surface area contributed by atoms with Gasteiger partial charge in [0.15, 0.2) is 0 Å². The first-order chi connectivity index (χ1) is 13.6. The average molecular weight is 417 g/mol. The molecule has 0 spiro atoms. The highest BCUT2D eigenvalue weighted by molar-refractivity contribution is 7.98. The second kappa shape index (κ2) is 10.9. The van der Waals surface area contributed by atoms with Crippen LogP contribution in [0.2, 0.25) is 5.02 Å². The molecule has 2 aromatic carbocycles. The SMILES string of the molecule is Cc1cccc(CN2CCC(C(=O)NCCSCc3ccccc3Cl)CC2)c1. The number of nitrogens with zero attached hydrogens (tertiary/aromatic N) is 1. The highest BCUT2D eigenvalue weighted by Crippen LogP contribution is 2.21. The van der Waals surface area contributed by atoms with Crippen LogP contribution in [0.25, 0.3) is 0 Å². The number of amides is 1. The lowest BCUT2D eigenvalue weighted by Crippen LogP contribution is -2.40. The average Bonchev–Trinajstić information content (AvgIpc) is 2.69. The molecule has 1 aliphatic rings. The van der Waals surface area contributed by atoms with Crippen molar-refractivity contribution in [3.63, 3.8) is 0 Å². The van der Waals surface area contributed by atoms with Gasteiger partial charge in [0.2, 0.25) is 5.91 Å². The molecule has 0 radical (unpaired) electrons. The first-order valence-corrected chi connectivity index (χ1v) is 11.5. The Hall–Kier alpha value is -1.49. The van der Waals surface area contributed by atoms with Gasteiger partial charge in [0.05, 0.1) is 0 Å². The molecule has 1 aliphatic heterocycles. The van der Waals surface area contributed by atoms with Crippen LogP contribution in [-0.4, -0.2) is 36.2 Å². The molecule has 1 N–H and O–H groups in total.